The average Bonchev–Trinajstić information content (AvgIpc) is 3.75. The van der Waals surface area contributed by atoms with Gasteiger partial charge in [-0.2, -0.15) is 0 Å². The normalized spacial score (nSPS) is 11.9. The van der Waals surface area contributed by atoms with Crippen molar-refractivity contribution >= 4 is 76.2 Å². The molecule has 0 fully saturated rings. The Morgan fingerprint density at radius 3 is 1.52 bits per heavy atom. The van der Waals surface area contributed by atoms with Crippen LogP contribution in [-0.2, 0) is 0 Å². The van der Waals surface area contributed by atoms with Crippen LogP contribution < -0.4 is 0 Å². The van der Waals surface area contributed by atoms with Crippen LogP contribution in [0.1, 0.15) is 0 Å². The van der Waals surface area contributed by atoms with E-state index in [0.717, 1.165) is 50.4 Å². The van der Waals surface area contributed by atoms with Crippen molar-refractivity contribution in [2.45, 2.75) is 0 Å². The van der Waals surface area contributed by atoms with Gasteiger partial charge >= 0.3 is 0 Å². The fraction of sp³-hybridized carbons (Fsp3) is 0. The Morgan fingerprint density at radius 1 is 0.286 bits per heavy atom. The second-order valence-corrected chi connectivity index (χ2v) is 14.6. The molecule has 12 rings (SSSR count). The van der Waals surface area contributed by atoms with Gasteiger partial charge in [0.2, 0.25) is 0 Å². The Hall–Kier alpha value is -7.56. The van der Waals surface area contributed by atoms with Gasteiger partial charge in [-0.3, -0.25) is 0 Å². The van der Waals surface area contributed by atoms with E-state index < -0.39 is 0 Å². The third kappa shape index (κ3) is 4.66. The average molecular weight is 713 g/mol. The number of benzene rings is 9. The summed E-state index contributed by atoms with van der Waals surface area (Å²) in [7, 11) is 0. The lowest BCUT2D eigenvalue weighted by Gasteiger charge is -2.13. The molecule has 0 bridgehead atoms. The van der Waals surface area contributed by atoms with E-state index in [1.807, 2.05) is 30.3 Å². The molecule has 0 aliphatic rings. The molecule has 9 aromatic carbocycles. The largest absolute Gasteiger partial charge is 0.309 e. The van der Waals surface area contributed by atoms with Crippen LogP contribution in [-0.4, -0.2) is 19.1 Å². The standard InChI is InChI=1S/C52H32N4/c1-2-13-34(14-3-1)51-52(54-46-20-10-9-19-45(46)53-51)35-23-25-39(26-24-35)55-47-21-11-8-18-41(47)43-31-44-42-29-37-16-6-7-17-38(37)30-48(42)56(50(44)32-49(43)55)40-27-22-33-12-4-5-15-36(33)28-40/h1-32H. The van der Waals surface area contributed by atoms with Gasteiger partial charge in [0.1, 0.15) is 0 Å². The summed E-state index contributed by atoms with van der Waals surface area (Å²) in [6.45, 7) is 0. The van der Waals surface area contributed by atoms with Gasteiger partial charge in [0.15, 0.2) is 0 Å². The van der Waals surface area contributed by atoms with Gasteiger partial charge in [0.05, 0.1) is 44.5 Å². The summed E-state index contributed by atoms with van der Waals surface area (Å²) in [5, 5.41) is 9.89. The molecule has 0 aliphatic heterocycles. The zero-order chi connectivity index (χ0) is 36.7. The molecule has 260 valence electrons. The highest BCUT2D eigenvalue weighted by Gasteiger charge is 2.20. The number of hydrogen-bond donors (Lipinski definition) is 0. The van der Waals surface area contributed by atoms with Crippen molar-refractivity contribution in [2.75, 3.05) is 0 Å². The van der Waals surface area contributed by atoms with Gasteiger partial charge in [0.25, 0.3) is 0 Å². The highest BCUT2D eigenvalue weighted by Crippen LogP contribution is 2.41. The van der Waals surface area contributed by atoms with Gasteiger partial charge in [-0.05, 0) is 88.3 Å². The van der Waals surface area contributed by atoms with Crippen LogP contribution >= 0.6 is 0 Å². The predicted octanol–water partition coefficient (Wildman–Crippen LogP) is 13.5. The maximum atomic E-state index is 5.17. The first-order valence-electron chi connectivity index (χ1n) is 19.1. The van der Waals surface area contributed by atoms with E-state index in [0.29, 0.717) is 0 Å². The Bertz CT molecular complexity index is 3520. The van der Waals surface area contributed by atoms with Gasteiger partial charge in [0, 0.05) is 44.0 Å². The van der Waals surface area contributed by atoms with E-state index in [-0.39, 0.29) is 0 Å². The minimum absolute atomic E-state index is 0.873. The highest BCUT2D eigenvalue weighted by molar-refractivity contribution is 6.21. The van der Waals surface area contributed by atoms with Crippen LogP contribution in [0.15, 0.2) is 194 Å². The Balaban J connectivity index is 1.11. The Labute approximate surface area is 322 Å². The molecule has 4 heteroatoms. The van der Waals surface area contributed by atoms with Crippen LogP contribution in [0.2, 0.25) is 0 Å². The van der Waals surface area contributed by atoms with Gasteiger partial charge in [-0.25, -0.2) is 9.97 Å². The first-order valence-corrected chi connectivity index (χ1v) is 19.1. The fourth-order valence-corrected chi connectivity index (χ4v) is 8.80. The molecule has 56 heavy (non-hydrogen) atoms. The van der Waals surface area contributed by atoms with Crippen LogP contribution in [0, 0.1) is 0 Å². The minimum atomic E-state index is 0.873. The molecule has 4 nitrogen and oxygen atoms in total. The zero-order valence-corrected chi connectivity index (χ0v) is 30.3. The number of hydrogen-bond acceptors (Lipinski definition) is 2. The lowest BCUT2D eigenvalue weighted by Crippen LogP contribution is -1.97. The molecule has 0 atom stereocenters. The second kappa shape index (κ2) is 12.0. The van der Waals surface area contributed by atoms with Crippen molar-refractivity contribution < 1.29 is 0 Å². The topological polar surface area (TPSA) is 35.6 Å². The summed E-state index contributed by atoms with van der Waals surface area (Å²) in [4.78, 5) is 10.3. The van der Waals surface area contributed by atoms with Crippen LogP contribution in [0.4, 0.5) is 0 Å². The lowest BCUT2D eigenvalue weighted by molar-refractivity contribution is 1.17. The van der Waals surface area contributed by atoms with Gasteiger partial charge in [-0.1, -0.05) is 127 Å². The first kappa shape index (κ1) is 30.9. The number of fused-ring (bicyclic) bond motifs is 9. The van der Waals surface area contributed by atoms with Crippen LogP contribution in [0.5, 0.6) is 0 Å². The molecule has 0 amide bonds. The monoisotopic (exact) mass is 712 g/mol. The van der Waals surface area contributed by atoms with E-state index >= 15 is 0 Å². The lowest BCUT2D eigenvalue weighted by atomic mass is 10.0. The molecule has 0 N–H and O–H groups in total. The number of para-hydroxylation sites is 3. The summed E-state index contributed by atoms with van der Waals surface area (Å²) in [6.07, 6.45) is 0. The van der Waals surface area contributed by atoms with E-state index in [2.05, 4.69) is 173 Å². The van der Waals surface area contributed by atoms with Gasteiger partial charge in [-0.15, -0.1) is 0 Å². The molecule has 3 aromatic heterocycles. The van der Waals surface area contributed by atoms with Crippen LogP contribution in [0.25, 0.3) is 110 Å². The first-order chi connectivity index (χ1) is 27.7. The molecule has 12 aromatic rings. The van der Waals surface area contributed by atoms with Crippen molar-refractivity contribution in [1.29, 1.82) is 0 Å². The summed E-state index contributed by atoms with van der Waals surface area (Å²) in [5.41, 5.74) is 12.5. The van der Waals surface area contributed by atoms with Crippen molar-refractivity contribution in [3.8, 4) is 33.9 Å². The number of nitrogens with zero attached hydrogens (tertiary/aromatic N) is 4. The molecular weight excluding hydrogens is 681 g/mol. The van der Waals surface area contributed by atoms with Crippen molar-refractivity contribution in [3.63, 3.8) is 0 Å². The second-order valence-electron chi connectivity index (χ2n) is 14.6. The fourth-order valence-electron chi connectivity index (χ4n) is 8.80. The third-order valence-corrected chi connectivity index (χ3v) is 11.4. The summed E-state index contributed by atoms with van der Waals surface area (Å²) >= 11 is 0. The molecule has 0 saturated heterocycles. The maximum absolute atomic E-state index is 5.17. The third-order valence-electron chi connectivity index (χ3n) is 11.4. The molecule has 0 saturated carbocycles. The summed E-state index contributed by atoms with van der Waals surface area (Å²) in [6, 6.07) is 69.7. The van der Waals surface area contributed by atoms with E-state index in [1.54, 1.807) is 0 Å². The van der Waals surface area contributed by atoms with E-state index in [4.69, 9.17) is 9.97 Å². The SMILES string of the molecule is c1ccc(-c2nc3ccccc3nc2-c2ccc(-n3c4ccccc4c4cc5c6cc7ccccc7cc6n(-c6ccc7ccccc7c6)c5cc43)cc2)cc1. The highest BCUT2D eigenvalue weighted by atomic mass is 15.0. The predicted molar refractivity (Wildman–Crippen MR) is 234 cm³/mol. The quantitative estimate of drug-likeness (QED) is 0.182. The van der Waals surface area contributed by atoms with Crippen molar-refractivity contribution in [2.24, 2.45) is 0 Å². The smallest absolute Gasteiger partial charge is 0.0973 e. The number of aromatic nitrogens is 4. The molecule has 0 aliphatic carbocycles. The Morgan fingerprint density at radius 2 is 0.786 bits per heavy atom. The molecule has 0 unspecified atom stereocenters. The van der Waals surface area contributed by atoms with Crippen LogP contribution in [0.3, 0.4) is 0 Å². The summed E-state index contributed by atoms with van der Waals surface area (Å²) in [5.74, 6) is 0. The van der Waals surface area contributed by atoms with E-state index in [9.17, 15) is 0 Å². The zero-order valence-electron chi connectivity index (χ0n) is 30.3. The van der Waals surface area contributed by atoms with E-state index in [1.165, 1.54) is 59.6 Å². The Kier molecular flexibility index (Phi) is 6.60. The summed E-state index contributed by atoms with van der Waals surface area (Å²) < 4.78 is 4.87. The number of rotatable bonds is 4. The molecule has 3 heterocycles. The van der Waals surface area contributed by atoms with Crippen molar-refractivity contribution in [1.82, 2.24) is 19.1 Å². The van der Waals surface area contributed by atoms with Gasteiger partial charge < -0.3 is 9.13 Å². The molecule has 0 spiro atoms. The van der Waals surface area contributed by atoms with Crippen molar-refractivity contribution in [3.05, 3.63) is 194 Å². The minimum Gasteiger partial charge on any atom is -0.309 e. The molecule has 0 radical (unpaired) electrons. The molecular formula is C52H32N4. The maximum Gasteiger partial charge on any atom is 0.0973 e.